The van der Waals surface area contributed by atoms with Crippen LogP contribution in [0.2, 0.25) is 0 Å². The second kappa shape index (κ2) is 5.43. The van der Waals surface area contributed by atoms with Crippen molar-refractivity contribution in [1.29, 1.82) is 0 Å². The van der Waals surface area contributed by atoms with Gasteiger partial charge in [0.25, 0.3) is 10.1 Å². The molecule has 0 aliphatic heterocycles. The summed E-state index contributed by atoms with van der Waals surface area (Å²) in [6.45, 7) is -0.332. The number of nitrogens with two attached hydrogens (primary N) is 1. The number of benzene rings is 1. The lowest BCUT2D eigenvalue weighted by Crippen LogP contribution is -2.16. The van der Waals surface area contributed by atoms with Crippen molar-refractivity contribution in [2.24, 2.45) is 5.14 Å². The van der Waals surface area contributed by atoms with Gasteiger partial charge >= 0.3 is 0 Å². The van der Waals surface area contributed by atoms with E-state index in [-0.39, 0.29) is 18.6 Å². The van der Waals surface area contributed by atoms with Gasteiger partial charge < -0.3 is 9.84 Å². The normalized spacial score (nSPS) is 12.4. The van der Waals surface area contributed by atoms with Crippen molar-refractivity contribution in [2.45, 2.75) is 16.2 Å². The highest BCUT2D eigenvalue weighted by Crippen LogP contribution is 2.32. The summed E-state index contributed by atoms with van der Waals surface area (Å²) in [7, 11) is -7.90. The van der Waals surface area contributed by atoms with E-state index in [1.54, 1.807) is 0 Å². The van der Waals surface area contributed by atoms with Gasteiger partial charge in [0.1, 0.15) is 9.79 Å². The summed E-state index contributed by atoms with van der Waals surface area (Å²) in [5.74, 6) is -0.563. The summed E-state index contributed by atoms with van der Waals surface area (Å²) in [5, 5.41) is 13.8. The number of rotatable bonds is 5. The molecule has 1 aromatic rings. The molecular weight excluding hydrogens is 298 g/mol. The van der Waals surface area contributed by atoms with Gasteiger partial charge in [0.15, 0.2) is 5.75 Å². The van der Waals surface area contributed by atoms with Gasteiger partial charge in [-0.2, -0.15) is 8.42 Å². The zero-order valence-corrected chi connectivity index (χ0v) is 11.5. The quantitative estimate of drug-likeness (QED) is 0.599. The van der Waals surface area contributed by atoms with E-state index in [2.05, 4.69) is 0 Å². The van der Waals surface area contributed by atoms with E-state index in [1.165, 1.54) is 0 Å². The number of hydrogen-bond donors (Lipinski definition) is 3. The van der Waals surface area contributed by atoms with Crippen LogP contribution >= 0.6 is 0 Å². The van der Waals surface area contributed by atoms with E-state index in [0.717, 1.165) is 19.2 Å². The number of aliphatic hydroxyl groups excluding tert-OH is 1. The Morgan fingerprint density at radius 3 is 2.11 bits per heavy atom. The smallest absolute Gasteiger partial charge is 0.298 e. The van der Waals surface area contributed by atoms with Crippen molar-refractivity contribution >= 4 is 20.1 Å². The van der Waals surface area contributed by atoms with Crippen molar-refractivity contribution < 1.29 is 31.2 Å². The van der Waals surface area contributed by atoms with E-state index >= 15 is 0 Å². The first-order valence-corrected chi connectivity index (χ1v) is 7.92. The number of sulfonamides is 1. The molecule has 0 aromatic heterocycles. The molecule has 19 heavy (non-hydrogen) atoms. The number of aliphatic hydroxyl groups is 1. The monoisotopic (exact) mass is 311 g/mol. The lowest BCUT2D eigenvalue weighted by atomic mass is 10.1. The Balaban J connectivity index is 3.77. The number of hydrogen-bond acceptors (Lipinski definition) is 6. The van der Waals surface area contributed by atoms with E-state index < -0.39 is 35.7 Å². The highest BCUT2D eigenvalue weighted by atomic mass is 32.2. The molecule has 0 amide bonds. The molecule has 4 N–H and O–H groups in total. The number of primary sulfonamides is 1. The largest absolute Gasteiger partial charge is 0.494 e. The molecule has 0 spiro atoms. The molecule has 0 atom stereocenters. The third-order valence-corrected chi connectivity index (χ3v) is 4.04. The summed E-state index contributed by atoms with van der Waals surface area (Å²) in [6.07, 6.45) is -0.00493. The maximum atomic E-state index is 11.4. The van der Waals surface area contributed by atoms with Crippen LogP contribution in [0.25, 0.3) is 0 Å². The van der Waals surface area contributed by atoms with Gasteiger partial charge in [0, 0.05) is 6.61 Å². The van der Waals surface area contributed by atoms with Crippen LogP contribution < -0.4 is 9.88 Å². The molecule has 0 heterocycles. The predicted octanol–water partition coefficient (Wildman–Crippen LogP) is -0.876. The molecule has 8 nitrogen and oxygen atoms in total. The first-order chi connectivity index (χ1) is 8.61. The Kier molecular flexibility index (Phi) is 4.53. The van der Waals surface area contributed by atoms with Crippen LogP contribution in [0.1, 0.15) is 5.56 Å². The van der Waals surface area contributed by atoms with Gasteiger partial charge in [-0.3, -0.25) is 4.55 Å². The Bertz CT molecular complexity index is 626. The van der Waals surface area contributed by atoms with Crippen LogP contribution in [-0.2, 0) is 26.6 Å². The molecule has 0 bridgehead atoms. The first kappa shape index (κ1) is 15.9. The van der Waals surface area contributed by atoms with Gasteiger partial charge in [0.2, 0.25) is 10.0 Å². The van der Waals surface area contributed by atoms with E-state index in [9.17, 15) is 16.8 Å². The molecule has 0 aliphatic carbocycles. The summed E-state index contributed by atoms with van der Waals surface area (Å²) in [6, 6.07) is 2.10. The van der Waals surface area contributed by atoms with Crippen LogP contribution in [0.5, 0.6) is 5.75 Å². The van der Waals surface area contributed by atoms with Gasteiger partial charge in [-0.25, -0.2) is 13.6 Å². The molecule has 0 saturated carbocycles. The van der Waals surface area contributed by atoms with E-state index in [0.29, 0.717) is 0 Å². The SMILES string of the molecule is COc1c(S(N)(=O)=O)cc(CCO)cc1S(=O)(=O)O. The minimum atomic E-state index is -4.70. The Morgan fingerprint density at radius 2 is 1.74 bits per heavy atom. The van der Waals surface area contributed by atoms with Crippen molar-refractivity contribution in [3.8, 4) is 5.75 Å². The van der Waals surface area contributed by atoms with Gasteiger partial charge in [-0.1, -0.05) is 0 Å². The second-order valence-electron chi connectivity index (χ2n) is 3.62. The van der Waals surface area contributed by atoms with Crippen LogP contribution in [0.3, 0.4) is 0 Å². The highest BCUT2D eigenvalue weighted by molar-refractivity contribution is 7.89. The average molecular weight is 311 g/mol. The molecular formula is C9H13NO7S2. The van der Waals surface area contributed by atoms with Gasteiger partial charge in [-0.15, -0.1) is 0 Å². The van der Waals surface area contributed by atoms with E-state index in [1.807, 2.05) is 0 Å². The summed E-state index contributed by atoms with van der Waals surface area (Å²) in [4.78, 5) is -1.29. The minimum absolute atomic E-state index is 0.00493. The average Bonchev–Trinajstić information content (AvgIpc) is 2.26. The van der Waals surface area contributed by atoms with Crippen molar-refractivity contribution in [2.75, 3.05) is 13.7 Å². The molecule has 108 valence electrons. The van der Waals surface area contributed by atoms with Gasteiger partial charge in [0.05, 0.1) is 7.11 Å². The van der Waals surface area contributed by atoms with Crippen molar-refractivity contribution in [1.82, 2.24) is 0 Å². The second-order valence-corrected chi connectivity index (χ2v) is 6.54. The van der Waals surface area contributed by atoms with Crippen LogP contribution in [0.15, 0.2) is 21.9 Å². The lowest BCUT2D eigenvalue weighted by molar-refractivity contribution is 0.299. The van der Waals surface area contributed by atoms with E-state index in [4.69, 9.17) is 19.5 Å². The Hall–Kier alpha value is -1.20. The van der Waals surface area contributed by atoms with Gasteiger partial charge in [-0.05, 0) is 24.1 Å². The summed E-state index contributed by atoms with van der Waals surface area (Å²) >= 11 is 0. The molecule has 0 saturated heterocycles. The number of methoxy groups -OCH3 is 1. The highest BCUT2D eigenvalue weighted by Gasteiger charge is 2.26. The fourth-order valence-electron chi connectivity index (χ4n) is 1.51. The van der Waals surface area contributed by atoms with Crippen molar-refractivity contribution in [3.63, 3.8) is 0 Å². The summed E-state index contributed by atoms with van der Waals surface area (Å²) < 4.78 is 59.0. The van der Waals surface area contributed by atoms with Crippen LogP contribution in [0.4, 0.5) is 0 Å². The maximum absolute atomic E-state index is 11.4. The predicted molar refractivity (Wildman–Crippen MR) is 65.0 cm³/mol. The first-order valence-electron chi connectivity index (χ1n) is 4.93. The Labute approximate surface area is 110 Å². The number of ether oxygens (including phenoxy) is 1. The lowest BCUT2D eigenvalue weighted by Gasteiger charge is -2.12. The molecule has 0 fully saturated rings. The minimum Gasteiger partial charge on any atom is -0.494 e. The Morgan fingerprint density at radius 1 is 1.21 bits per heavy atom. The third kappa shape index (κ3) is 3.64. The fraction of sp³-hybridized carbons (Fsp3) is 0.333. The van der Waals surface area contributed by atoms with Crippen LogP contribution in [-0.4, -0.2) is 40.2 Å². The molecule has 0 unspecified atom stereocenters. The third-order valence-electron chi connectivity index (χ3n) is 2.27. The molecule has 0 aliphatic rings. The molecule has 0 radical (unpaired) electrons. The zero-order chi connectivity index (χ0) is 14.8. The standard InChI is InChI=1S/C9H13NO7S2/c1-17-9-7(18(10,12)13)4-6(2-3-11)5-8(9)19(14,15)16/h4-5,11H,2-3H2,1H3,(H2,10,12,13)(H,14,15,16). The van der Waals surface area contributed by atoms with Crippen molar-refractivity contribution in [3.05, 3.63) is 17.7 Å². The zero-order valence-electron chi connectivity index (χ0n) is 9.90. The molecule has 1 aromatic carbocycles. The fourth-order valence-corrected chi connectivity index (χ4v) is 3.07. The maximum Gasteiger partial charge on any atom is 0.298 e. The molecule has 10 heteroatoms. The molecule has 1 rings (SSSR count). The topological polar surface area (TPSA) is 144 Å². The summed E-state index contributed by atoms with van der Waals surface area (Å²) in [5.41, 5.74) is 0.181. The van der Waals surface area contributed by atoms with Crippen LogP contribution in [0, 0.1) is 0 Å².